The lowest BCUT2D eigenvalue weighted by atomic mass is 9.96. The maximum absolute atomic E-state index is 2.45. The molecule has 4 rings (SSSR count). The van der Waals surface area contributed by atoms with Gasteiger partial charge in [0, 0.05) is 15.0 Å². The van der Waals surface area contributed by atoms with Crippen LogP contribution in [0, 0.1) is 0 Å². The molecule has 0 spiro atoms. The molecule has 0 amide bonds. The fourth-order valence-corrected chi connectivity index (χ4v) is 6.57. The van der Waals surface area contributed by atoms with E-state index in [0.29, 0.717) is 11.2 Å². The molecule has 0 saturated heterocycles. The second-order valence-electron chi connectivity index (χ2n) is 6.12. The Hall–Kier alpha value is -1.38. The number of hydrogen-bond donors (Lipinski definition) is 1. The van der Waals surface area contributed by atoms with E-state index in [4.69, 9.17) is 0 Å². The zero-order chi connectivity index (χ0) is 15.1. The van der Waals surface area contributed by atoms with E-state index in [1.165, 1.54) is 26.5 Å². The summed E-state index contributed by atoms with van der Waals surface area (Å²) in [4.78, 5) is 2.86. The first-order valence-corrected chi connectivity index (χ1v) is 10.1. The molecule has 112 valence electrons. The van der Waals surface area contributed by atoms with Gasteiger partial charge in [-0.25, -0.2) is 10.9 Å². The Morgan fingerprint density at radius 1 is 0.909 bits per heavy atom. The zero-order valence-corrected chi connectivity index (χ0v) is 14.6. The van der Waals surface area contributed by atoms with Gasteiger partial charge < -0.3 is 0 Å². The third kappa shape index (κ3) is 2.35. The van der Waals surface area contributed by atoms with Crippen molar-refractivity contribution in [3.63, 3.8) is 0 Å². The minimum atomic E-state index is -0.243. The molecule has 0 nitrogen and oxygen atoms in total. The molecule has 2 aliphatic heterocycles. The molecule has 2 aromatic carbocycles. The molecule has 0 N–H and O–H groups in total. The Morgan fingerprint density at radius 2 is 1.64 bits per heavy atom. The van der Waals surface area contributed by atoms with Crippen molar-refractivity contribution in [1.29, 1.82) is 0 Å². The summed E-state index contributed by atoms with van der Waals surface area (Å²) < 4.78 is 0. The Bertz CT molecular complexity index is 759. The van der Waals surface area contributed by atoms with Gasteiger partial charge in [-0.1, -0.05) is 68.1 Å². The summed E-state index contributed by atoms with van der Waals surface area (Å²) in [7, 11) is -0.243. The third-order valence-corrected chi connectivity index (χ3v) is 7.72. The predicted molar refractivity (Wildman–Crippen MR) is 100 cm³/mol. The van der Waals surface area contributed by atoms with Gasteiger partial charge in [0.25, 0.3) is 0 Å². The minimum Gasteiger partial charge on any atom is -0.202 e. The molecule has 1 unspecified atom stereocenters. The molecule has 2 heteroatoms. The molecule has 2 heterocycles. The molecule has 22 heavy (non-hydrogen) atoms. The molecular weight excluding hydrogens is 304 g/mol. The van der Waals surface area contributed by atoms with Crippen LogP contribution < -0.4 is 0 Å². The van der Waals surface area contributed by atoms with E-state index in [0.717, 1.165) is 0 Å². The van der Waals surface area contributed by atoms with Crippen molar-refractivity contribution >= 4 is 22.7 Å². The lowest BCUT2D eigenvalue weighted by molar-refractivity contribution is 0.856. The number of rotatable bonds is 2. The van der Waals surface area contributed by atoms with Gasteiger partial charge in [0.05, 0.1) is 0 Å². The van der Waals surface area contributed by atoms with Crippen molar-refractivity contribution in [2.75, 3.05) is 0 Å². The van der Waals surface area contributed by atoms with Crippen LogP contribution in [-0.4, -0.2) is 0 Å². The summed E-state index contributed by atoms with van der Waals surface area (Å²) >= 11 is 1.93. The van der Waals surface area contributed by atoms with E-state index < -0.39 is 0 Å². The van der Waals surface area contributed by atoms with Gasteiger partial charge in [0.15, 0.2) is 0 Å². The van der Waals surface area contributed by atoms with Crippen LogP contribution >= 0.6 is 22.7 Å². The van der Waals surface area contributed by atoms with Crippen LogP contribution in [0.15, 0.2) is 75.2 Å². The van der Waals surface area contributed by atoms with Gasteiger partial charge in [-0.2, -0.15) is 0 Å². The van der Waals surface area contributed by atoms with Crippen molar-refractivity contribution in [3.8, 4) is 0 Å². The van der Waals surface area contributed by atoms with Crippen molar-refractivity contribution in [1.82, 2.24) is 0 Å². The highest BCUT2D eigenvalue weighted by Gasteiger charge is 2.29. The number of thiol groups is 1. The minimum absolute atomic E-state index is 0.243. The molecule has 0 aliphatic carbocycles. The van der Waals surface area contributed by atoms with E-state index in [2.05, 4.69) is 79.3 Å². The van der Waals surface area contributed by atoms with Crippen LogP contribution in [0.4, 0.5) is 0 Å². The fourth-order valence-electron chi connectivity index (χ4n) is 3.16. The molecule has 0 bridgehead atoms. The molecule has 0 saturated carbocycles. The second kappa shape index (κ2) is 5.68. The van der Waals surface area contributed by atoms with Crippen LogP contribution in [0.3, 0.4) is 0 Å². The summed E-state index contributed by atoms with van der Waals surface area (Å²) in [6.45, 7) is 4.56. The Labute approximate surface area is 139 Å². The lowest BCUT2D eigenvalue weighted by Crippen LogP contribution is -2.08. The van der Waals surface area contributed by atoms with Gasteiger partial charge in [-0.05, 0) is 45.6 Å². The first-order chi connectivity index (χ1) is 10.7. The highest BCUT2D eigenvalue weighted by Crippen LogP contribution is 2.58. The van der Waals surface area contributed by atoms with E-state index in [-0.39, 0.29) is 10.9 Å². The normalized spacial score (nSPS) is 20.3. The number of fused-ring (bicyclic) bond motifs is 2. The molecule has 1 atom stereocenters. The molecule has 2 aliphatic rings. The first kappa shape index (κ1) is 14.2. The smallest absolute Gasteiger partial charge is 0.0454 e. The standard InChI is InChI=1S/C20H20S2/c1-14(2)15-9-10-19-17(13-15)20(22-11-5-6-12-22)16-7-3-4-8-18(16)21-19/h3-14,20,22H,1-2H3. The van der Waals surface area contributed by atoms with Gasteiger partial charge >= 0.3 is 0 Å². The molecule has 2 aromatic rings. The van der Waals surface area contributed by atoms with Crippen LogP contribution in [0.1, 0.15) is 41.7 Å². The summed E-state index contributed by atoms with van der Waals surface area (Å²) in [6, 6.07) is 16.0. The number of benzene rings is 2. The molecular formula is C20H20S2. The van der Waals surface area contributed by atoms with E-state index in [1.54, 1.807) is 0 Å². The monoisotopic (exact) mass is 324 g/mol. The third-order valence-electron chi connectivity index (χ3n) is 4.35. The van der Waals surface area contributed by atoms with E-state index in [1.807, 2.05) is 11.8 Å². The Morgan fingerprint density at radius 3 is 2.41 bits per heavy atom. The second-order valence-corrected chi connectivity index (χ2v) is 9.22. The molecule has 0 radical (unpaired) electrons. The number of allylic oxidation sites excluding steroid dienone is 2. The van der Waals surface area contributed by atoms with E-state index >= 15 is 0 Å². The van der Waals surface area contributed by atoms with Gasteiger partial charge in [-0.3, -0.25) is 0 Å². The van der Waals surface area contributed by atoms with Gasteiger partial charge in [0.1, 0.15) is 0 Å². The highest BCUT2D eigenvalue weighted by atomic mass is 32.2. The Balaban J connectivity index is 1.90. The summed E-state index contributed by atoms with van der Waals surface area (Å²) in [5.41, 5.74) is 4.48. The van der Waals surface area contributed by atoms with Crippen LogP contribution in [0.2, 0.25) is 0 Å². The van der Waals surface area contributed by atoms with Crippen molar-refractivity contribution in [2.24, 2.45) is 0 Å². The van der Waals surface area contributed by atoms with Gasteiger partial charge in [0.2, 0.25) is 0 Å². The maximum atomic E-state index is 2.45. The van der Waals surface area contributed by atoms with Crippen LogP contribution in [-0.2, 0) is 0 Å². The van der Waals surface area contributed by atoms with Gasteiger partial charge in [-0.15, -0.1) is 0 Å². The van der Waals surface area contributed by atoms with Crippen LogP contribution in [0.25, 0.3) is 0 Å². The summed E-state index contributed by atoms with van der Waals surface area (Å²) in [6.07, 6.45) is 4.42. The highest BCUT2D eigenvalue weighted by molar-refractivity contribution is 8.22. The summed E-state index contributed by atoms with van der Waals surface area (Å²) in [5.74, 6) is 0.579. The molecule has 0 aromatic heterocycles. The first-order valence-electron chi connectivity index (χ1n) is 7.77. The van der Waals surface area contributed by atoms with Crippen molar-refractivity contribution < 1.29 is 0 Å². The van der Waals surface area contributed by atoms with E-state index in [9.17, 15) is 0 Å². The zero-order valence-electron chi connectivity index (χ0n) is 12.9. The van der Waals surface area contributed by atoms with Crippen molar-refractivity contribution in [3.05, 3.63) is 82.1 Å². The predicted octanol–water partition coefficient (Wildman–Crippen LogP) is 6.41. The van der Waals surface area contributed by atoms with Crippen molar-refractivity contribution in [2.45, 2.75) is 34.8 Å². The maximum Gasteiger partial charge on any atom is 0.0454 e. The van der Waals surface area contributed by atoms with Crippen LogP contribution in [0.5, 0.6) is 0 Å². The largest absolute Gasteiger partial charge is 0.202 e. The number of hydrogen-bond acceptors (Lipinski definition) is 1. The quantitative estimate of drug-likeness (QED) is 0.623. The molecule has 0 fully saturated rings. The summed E-state index contributed by atoms with van der Waals surface area (Å²) in [5, 5.41) is 5.31. The Kier molecular flexibility index (Phi) is 3.67. The average Bonchev–Trinajstić information content (AvgIpc) is 3.05. The lowest BCUT2D eigenvalue weighted by Gasteiger charge is -2.33. The average molecular weight is 325 g/mol. The fraction of sp³-hybridized carbons (Fsp3) is 0.200. The SMILES string of the molecule is CC(C)c1ccc2c(c1)C([SH]1C=CC=C1)c1ccccc1S2. The topological polar surface area (TPSA) is 0 Å².